The van der Waals surface area contributed by atoms with Crippen LogP contribution in [0.1, 0.15) is 18.4 Å². The molecule has 0 spiro atoms. The Morgan fingerprint density at radius 2 is 2.10 bits per heavy atom. The maximum atomic E-state index is 12.4. The number of aromatic nitrogens is 2. The summed E-state index contributed by atoms with van der Waals surface area (Å²) in [6.45, 7) is 3.84. The van der Waals surface area contributed by atoms with Crippen LogP contribution in [0.5, 0.6) is 5.75 Å². The SMILES string of the molecule is Cc1cc(Cl)nc(CN2C(=O)C(C)Oc3ccccc32)n1. The number of anilines is 1. The highest BCUT2D eigenvalue weighted by Crippen LogP contribution is 2.34. The van der Waals surface area contributed by atoms with Crippen LogP contribution in [0.3, 0.4) is 0 Å². The molecule has 1 aromatic heterocycles. The fourth-order valence-corrected chi connectivity index (χ4v) is 2.58. The zero-order valence-electron chi connectivity index (χ0n) is 11.7. The van der Waals surface area contributed by atoms with Crippen LogP contribution in [0, 0.1) is 6.92 Å². The molecule has 1 atom stereocenters. The van der Waals surface area contributed by atoms with Gasteiger partial charge in [-0.3, -0.25) is 9.69 Å². The lowest BCUT2D eigenvalue weighted by molar-refractivity contribution is -0.125. The lowest BCUT2D eigenvalue weighted by Crippen LogP contribution is -2.44. The van der Waals surface area contributed by atoms with Gasteiger partial charge in [-0.05, 0) is 32.0 Å². The predicted molar refractivity (Wildman–Crippen MR) is 79.5 cm³/mol. The molecule has 1 unspecified atom stereocenters. The highest BCUT2D eigenvalue weighted by atomic mass is 35.5. The van der Waals surface area contributed by atoms with Crippen molar-refractivity contribution in [1.82, 2.24) is 9.97 Å². The third-order valence-corrected chi connectivity index (χ3v) is 3.44. The summed E-state index contributed by atoms with van der Waals surface area (Å²) in [5.74, 6) is 1.08. The first-order valence-electron chi connectivity index (χ1n) is 6.62. The van der Waals surface area contributed by atoms with E-state index in [1.807, 2.05) is 31.2 Å². The van der Waals surface area contributed by atoms with Gasteiger partial charge in [-0.15, -0.1) is 0 Å². The largest absolute Gasteiger partial charge is 0.479 e. The summed E-state index contributed by atoms with van der Waals surface area (Å²) in [5, 5.41) is 0.375. The number of hydrogen-bond acceptors (Lipinski definition) is 4. The number of halogens is 1. The number of para-hydroxylation sites is 2. The van der Waals surface area contributed by atoms with Gasteiger partial charge in [0.2, 0.25) is 0 Å². The molecule has 0 aliphatic carbocycles. The van der Waals surface area contributed by atoms with E-state index in [1.54, 1.807) is 17.9 Å². The summed E-state index contributed by atoms with van der Waals surface area (Å²) >= 11 is 5.95. The van der Waals surface area contributed by atoms with Crippen molar-refractivity contribution in [2.75, 3.05) is 4.90 Å². The van der Waals surface area contributed by atoms with Gasteiger partial charge in [-0.2, -0.15) is 0 Å². The van der Waals surface area contributed by atoms with Crippen molar-refractivity contribution in [3.05, 3.63) is 47.0 Å². The molecule has 1 aliphatic rings. The zero-order chi connectivity index (χ0) is 15.0. The van der Waals surface area contributed by atoms with E-state index in [1.165, 1.54) is 0 Å². The molecule has 0 saturated heterocycles. The molecule has 1 aliphatic heterocycles. The van der Waals surface area contributed by atoms with E-state index in [2.05, 4.69) is 9.97 Å². The van der Waals surface area contributed by atoms with E-state index < -0.39 is 6.10 Å². The summed E-state index contributed by atoms with van der Waals surface area (Å²) in [6, 6.07) is 9.11. The smallest absolute Gasteiger partial charge is 0.268 e. The van der Waals surface area contributed by atoms with Gasteiger partial charge in [0, 0.05) is 5.69 Å². The normalized spacial score (nSPS) is 17.4. The van der Waals surface area contributed by atoms with E-state index >= 15 is 0 Å². The zero-order valence-corrected chi connectivity index (χ0v) is 12.5. The van der Waals surface area contributed by atoms with E-state index in [0.29, 0.717) is 16.7 Å². The highest BCUT2D eigenvalue weighted by molar-refractivity contribution is 6.29. The number of nitrogens with zero attached hydrogens (tertiary/aromatic N) is 3. The monoisotopic (exact) mass is 303 g/mol. The van der Waals surface area contributed by atoms with Gasteiger partial charge in [0.15, 0.2) is 6.10 Å². The van der Waals surface area contributed by atoms with Crippen LogP contribution in [-0.4, -0.2) is 22.0 Å². The first-order chi connectivity index (χ1) is 10.0. The number of hydrogen-bond donors (Lipinski definition) is 0. The number of carbonyl (C=O) groups excluding carboxylic acids is 1. The Labute approximate surface area is 127 Å². The van der Waals surface area contributed by atoms with Gasteiger partial charge in [0.1, 0.15) is 16.7 Å². The molecule has 108 valence electrons. The molecule has 0 saturated carbocycles. The molecule has 2 aromatic rings. The van der Waals surface area contributed by atoms with Crippen LogP contribution in [0.2, 0.25) is 5.15 Å². The second-order valence-corrected chi connectivity index (χ2v) is 5.29. The maximum Gasteiger partial charge on any atom is 0.268 e. The summed E-state index contributed by atoms with van der Waals surface area (Å²) < 4.78 is 5.60. The highest BCUT2D eigenvalue weighted by Gasteiger charge is 2.31. The van der Waals surface area contributed by atoms with Crippen LogP contribution >= 0.6 is 11.6 Å². The average Bonchev–Trinajstić information content (AvgIpc) is 2.43. The molecule has 1 aromatic carbocycles. The van der Waals surface area contributed by atoms with Crippen molar-refractivity contribution in [2.24, 2.45) is 0 Å². The minimum atomic E-state index is -0.528. The quantitative estimate of drug-likeness (QED) is 0.801. The third-order valence-electron chi connectivity index (χ3n) is 3.24. The Hall–Kier alpha value is -2.14. The Balaban J connectivity index is 1.98. The number of amides is 1. The maximum absolute atomic E-state index is 12.4. The Morgan fingerprint density at radius 1 is 1.33 bits per heavy atom. The second-order valence-electron chi connectivity index (χ2n) is 4.90. The summed E-state index contributed by atoms with van der Waals surface area (Å²) in [6.07, 6.45) is -0.528. The van der Waals surface area contributed by atoms with Crippen molar-refractivity contribution >= 4 is 23.2 Å². The minimum absolute atomic E-state index is 0.116. The van der Waals surface area contributed by atoms with Crippen LogP contribution in [0.4, 0.5) is 5.69 Å². The second kappa shape index (κ2) is 5.33. The van der Waals surface area contributed by atoms with Crippen LogP contribution < -0.4 is 9.64 Å². The molecule has 0 N–H and O–H groups in total. The summed E-state index contributed by atoms with van der Waals surface area (Å²) in [7, 11) is 0. The topological polar surface area (TPSA) is 55.3 Å². The standard InChI is InChI=1S/C15H14ClN3O2/c1-9-7-13(16)18-14(17-9)8-19-11-5-3-4-6-12(11)21-10(2)15(19)20/h3-7,10H,8H2,1-2H3. The van der Waals surface area contributed by atoms with Gasteiger partial charge in [-0.1, -0.05) is 23.7 Å². The van der Waals surface area contributed by atoms with Gasteiger partial charge in [0.05, 0.1) is 12.2 Å². The molecular formula is C15H14ClN3O2. The fraction of sp³-hybridized carbons (Fsp3) is 0.267. The number of aryl methyl sites for hydroxylation is 1. The Morgan fingerprint density at radius 3 is 2.86 bits per heavy atom. The number of rotatable bonds is 2. The molecule has 6 heteroatoms. The fourth-order valence-electron chi connectivity index (χ4n) is 2.32. The minimum Gasteiger partial charge on any atom is -0.479 e. The lowest BCUT2D eigenvalue weighted by Gasteiger charge is -2.32. The van der Waals surface area contributed by atoms with Crippen molar-refractivity contribution in [2.45, 2.75) is 26.5 Å². The number of fused-ring (bicyclic) bond motifs is 1. The van der Waals surface area contributed by atoms with Crippen molar-refractivity contribution < 1.29 is 9.53 Å². The molecule has 0 radical (unpaired) electrons. The Bertz CT molecular complexity index is 685. The molecule has 0 bridgehead atoms. The molecule has 0 fully saturated rings. The van der Waals surface area contributed by atoms with Crippen molar-refractivity contribution in [1.29, 1.82) is 0 Å². The van der Waals surface area contributed by atoms with E-state index in [4.69, 9.17) is 16.3 Å². The molecule has 3 rings (SSSR count). The Kier molecular flexibility index (Phi) is 3.51. The molecule has 1 amide bonds. The van der Waals surface area contributed by atoms with Gasteiger partial charge in [0.25, 0.3) is 5.91 Å². The third kappa shape index (κ3) is 2.69. The van der Waals surface area contributed by atoms with Crippen LogP contribution in [0.15, 0.2) is 30.3 Å². The summed E-state index contributed by atoms with van der Waals surface area (Å²) in [4.78, 5) is 22.5. The lowest BCUT2D eigenvalue weighted by atomic mass is 10.2. The molecule has 21 heavy (non-hydrogen) atoms. The van der Waals surface area contributed by atoms with E-state index in [-0.39, 0.29) is 12.5 Å². The number of ether oxygens (including phenoxy) is 1. The first kappa shape index (κ1) is 13.8. The average molecular weight is 304 g/mol. The van der Waals surface area contributed by atoms with Crippen LogP contribution in [-0.2, 0) is 11.3 Å². The van der Waals surface area contributed by atoms with Gasteiger partial charge >= 0.3 is 0 Å². The van der Waals surface area contributed by atoms with Gasteiger partial charge in [-0.25, -0.2) is 9.97 Å². The molecular weight excluding hydrogens is 290 g/mol. The van der Waals surface area contributed by atoms with Crippen molar-refractivity contribution in [3.8, 4) is 5.75 Å². The van der Waals surface area contributed by atoms with Crippen LogP contribution in [0.25, 0.3) is 0 Å². The first-order valence-corrected chi connectivity index (χ1v) is 6.99. The predicted octanol–water partition coefficient (Wildman–Crippen LogP) is 2.75. The van der Waals surface area contributed by atoms with Gasteiger partial charge < -0.3 is 4.74 Å². The molecule has 2 heterocycles. The van der Waals surface area contributed by atoms with E-state index in [9.17, 15) is 4.79 Å². The summed E-state index contributed by atoms with van der Waals surface area (Å²) in [5.41, 5.74) is 1.49. The number of carbonyl (C=O) groups is 1. The van der Waals surface area contributed by atoms with E-state index in [0.717, 1.165) is 11.4 Å². The number of benzene rings is 1. The molecule has 5 nitrogen and oxygen atoms in total. The van der Waals surface area contributed by atoms with Crippen molar-refractivity contribution in [3.63, 3.8) is 0 Å².